The van der Waals surface area contributed by atoms with E-state index in [0.717, 1.165) is 0 Å². The van der Waals surface area contributed by atoms with Gasteiger partial charge in [0.15, 0.2) is 0 Å². The van der Waals surface area contributed by atoms with Gasteiger partial charge in [-0.25, -0.2) is 4.68 Å². The van der Waals surface area contributed by atoms with Crippen molar-refractivity contribution in [2.75, 3.05) is 5.32 Å². The van der Waals surface area contributed by atoms with Gasteiger partial charge in [0.25, 0.3) is 0 Å². The second-order valence-corrected chi connectivity index (χ2v) is 4.91. The molecule has 0 spiro atoms. The number of aromatic nitrogens is 3. The Morgan fingerprint density at radius 1 is 1.39 bits per heavy atom. The Morgan fingerprint density at radius 3 is 2.70 bits per heavy atom. The minimum Gasteiger partial charge on any atom is -0.435 e. The molecule has 0 aliphatic carbocycles. The summed E-state index contributed by atoms with van der Waals surface area (Å²) in [6, 6.07) is 5.36. The monoisotopic (exact) mass is 321 g/mol. The van der Waals surface area contributed by atoms with Gasteiger partial charge in [-0.1, -0.05) is 12.1 Å². The number of allylic oxidation sites excluding steroid dienone is 1. The van der Waals surface area contributed by atoms with Crippen LogP contribution in [0.25, 0.3) is 0 Å². The lowest BCUT2D eigenvalue weighted by Gasteiger charge is -2.27. The molecule has 1 aromatic heterocycles. The van der Waals surface area contributed by atoms with E-state index in [1.807, 2.05) is 0 Å². The summed E-state index contributed by atoms with van der Waals surface area (Å²) in [5.74, 6) is -0.114. The maximum Gasteiger partial charge on any atom is 0.387 e. The first kappa shape index (κ1) is 14.9. The molecule has 1 aliphatic rings. The molecule has 3 N–H and O–H groups in total. The number of rotatable bonds is 4. The van der Waals surface area contributed by atoms with E-state index in [1.54, 1.807) is 19.1 Å². The Kier molecular flexibility index (Phi) is 3.68. The minimum atomic E-state index is -2.90. The number of anilines is 1. The number of ether oxygens (including phenoxy) is 1. The molecule has 0 saturated heterocycles. The average molecular weight is 321 g/mol. The number of carbonyl (C=O) groups is 1. The number of halogens is 2. The second-order valence-electron chi connectivity index (χ2n) is 4.91. The number of carbonyl (C=O) groups excluding carboxylic acids is 1. The van der Waals surface area contributed by atoms with Gasteiger partial charge in [0.05, 0.1) is 5.57 Å². The maximum absolute atomic E-state index is 12.2. The Balaban J connectivity index is 2.04. The Bertz CT molecular complexity index is 770. The van der Waals surface area contributed by atoms with Crippen molar-refractivity contribution in [2.45, 2.75) is 19.6 Å². The molecule has 1 aliphatic heterocycles. The third-order valence-corrected chi connectivity index (χ3v) is 3.48. The smallest absolute Gasteiger partial charge is 0.387 e. The minimum absolute atomic E-state index is 0.0258. The topological polar surface area (TPSA) is 95.1 Å². The number of alkyl halides is 2. The molecule has 1 amide bonds. The predicted octanol–water partition coefficient (Wildman–Crippen LogP) is 1.65. The first-order valence-corrected chi connectivity index (χ1v) is 6.69. The highest BCUT2D eigenvalue weighted by Crippen LogP contribution is 2.34. The quantitative estimate of drug-likeness (QED) is 0.893. The van der Waals surface area contributed by atoms with Crippen molar-refractivity contribution in [3.8, 4) is 5.75 Å². The van der Waals surface area contributed by atoms with Gasteiger partial charge >= 0.3 is 6.61 Å². The summed E-state index contributed by atoms with van der Waals surface area (Å²) in [6.45, 7) is -1.19. The Morgan fingerprint density at radius 2 is 2.09 bits per heavy atom. The second kappa shape index (κ2) is 5.67. The van der Waals surface area contributed by atoms with Crippen molar-refractivity contribution in [3.63, 3.8) is 0 Å². The zero-order valence-corrected chi connectivity index (χ0v) is 12.0. The lowest BCUT2D eigenvalue weighted by Crippen LogP contribution is -2.31. The van der Waals surface area contributed by atoms with Crippen LogP contribution in [0.3, 0.4) is 0 Å². The summed E-state index contributed by atoms with van der Waals surface area (Å²) in [7, 11) is 0. The lowest BCUT2D eigenvalue weighted by molar-refractivity contribution is -0.115. The van der Waals surface area contributed by atoms with Gasteiger partial charge in [0.2, 0.25) is 11.9 Å². The highest BCUT2D eigenvalue weighted by molar-refractivity contribution is 5.95. The van der Waals surface area contributed by atoms with Crippen molar-refractivity contribution in [1.29, 1.82) is 0 Å². The number of hydrogen-bond donors (Lipinski definition) is 2. The van der Waals surface area contributed by atoms with Crippen molar-refractivity contribution < 1.29 is 18.3 Å². The van der Waals surface area contributed by atoms with E-state index in [9.17, 15) is 13.6 Å². The summed E-state index contributed by atoms with van der Waals surface area (Å²) >= 11 is 0. The normalized spacial score (nSPS) is 17.0. The SMILES string of the molecule is CC1=C(C(N)=O)C(c2ccc(OC(F)F)cc2)n2ncnc2N1. The molecule has 1 unspecified atom stereocenters. The zero-order chi connectivity index (χ0) is 16.6. The van der Waals surface area contributed by atoms with Crippen molar-refractivity contribution in [1.82, 2.24) is 14.8 Å². The third-order valence-electron chi connectivity index (χ3n) is 3.48. The first-order chi connectivity index (χ1) is 11.0. The molecular formula is C14H13F2N5O2. The molecule has 2 heterocycles. The average Bonchev–Trinajstić information content (AvgIpc) is 2.93. The maximum atomic E-state index is 12.2. The van der Waals surface area contributed by atoms with Crippen molar-refractivity contribution >= 4 is 11.9 Å². The largest absolute Gasteiger partial charge is 0.435 e. The van der Waals surface area contributed by atoms with Crippen LogP contribution in [0.1, 0.15) is 18.5 Å². The van der Waals surface area contributed by atoms with Crippen molar-refractivity contribution in [3.05, 3.63) is 47.4 Å². The molecular weight excluding hydrogens is 308 g/mol. The molecule has 0 fully saturated rings. The molecule has 9 heteroatoms. The molecule has 23 heavy (non-hydrogen) atoms. The van der Waals surface area contributed by atoms with E-state index in [-0.39, 0.29) is 5.75 Å². The van der Waals surface area contributed by atoms with Crippen LogP contribution in [0.15, 0.2) is 41.9 Å². The zero-order valence-electron chi connectivity index (χ0n) is 12.0. The van der Waals surface area contributed by atoms with Crippen LogP contribution < -0.4 is 15.8 Å². The number of nitrogens with zero attached hydrogens (tertiary/aromatic N) is 3. The van der Waals surface area contributed by atoms with Crippen LogP contribution in [0, 0.1) is 0 Å². The summed E-state index contributed by atoms with van der Waals surface area (Å²) in [5.41, 5.74) is 7.02. The van der Waals surface area contributed by atoms with Gasteiger partial charge in [-0.15, -0.1) is 0 Å². The number of nitrogens with one attached hydrogen (secondary N) is 1. The fourth-order valence-electron chi connectivity index (χ4n) is 2.55. The number of nitrogens with two attached hydrogens (primary N) is 1. The van der Waals surface area contributed by atoms with E-state index in [2.05, 4.69) is 20.1 Å². The van der Waals surface area contributed by atoms with Gasteiger partial charge < -0.3 is 15.8 Å². The number of primary amides is 1. The first-order valence-electron chi connectivity index (χ1n) is 6.69. The van der Waals surface area contributed by atoms with Crippen LogP contribution in [-0.4, -0.2) is 27.3 Å². The van der Waals surface area contributed by atoms with E-state index < -0.39 is 18.6 Å². The number of hydrogen-bond acceptors (Lipinski definition) is 5. The van der Waals surface area contributed by atoms with Crippen molar-refractivity contribution in [2.24, 2.45) is 5.73 Å². The molecule has 7 nitrogen and oxygen atoms in total. The van der Waals surface area contributed by atoms with Gasteiger partial charge in [0, 0.05) is 5.70 Å². The highest BCUT2D eigenvalue weighted by atomic mass is 19.3. The molecule has 0 radical (unpaired) electrons. The lowest BCUT2D eigenvalue weighted by atomic mass is 9.95. The molecule has 0 bridgehead atoms. The van der Waals surface area contributed by atoms with Gasteiger partial charge in [0.1, 0.15) is 18.1 Å². The Labute approximate surface area is 129 Å². The highest BCUT2D eigenvalue weighted by Gasteiger charge is 2.32. The van der Waals surface area contributed by atoms with Gasteiger partial charge in [-0.3, -0.25) is 4.79 Å². The van der Waals surface area contributed by atoms with E-state index in [1.165, 1.54) is 23.1 Å². The molecule has 2 aromatic rings. The van der Waals surface area contributed by atoms with E-state index in [4.69, 9.17) is 5.73 Å². The van der Waals surface area contributed by atoms with Crippen LogP contribution >= 0.6 is 0 Å². The number of fused-ring (bicyclic) bond motifs is 1. The van der Waals surface area contributed by atoms with Crippen LogP contribution in [0.2, 0.25) is 0 Å². The fourth-order valence-corrected chi connectivity index (χ4v) is 2.55. The van der Waals surface area contributed by atoms with Crippen LogP contribution in [0.5, 0.6) is 5.75 Å². The molecule has 1 atom stereocenters. The van der Waals surface area contributed by atoms with Gasteiger partial charge in [-0.2, -0.15) is 18.9 Å². The predicted molar refractivity (Wildman–Crippen MR) is 76.8 cm³/mol. The fraction of sp³-hybridized carbons (Fsp3) is 0.214. The summed E-state index contributed by atoms with van der Waals surface area (Å²) < 4.78 is 30.3. The standard InChI is InChI=1S/C14H13F2N5O2/c1-7-10(12(17)22)11(21-14(20-7)18-6-19-21)8-2-4-9(5-3-8)23-13(15)16/h2-6,11,13H,1H3,(H2,17,22)(H,18,19,20). The summed E-state index contributed by atoms with van der Waals surface area (Å²) in [5, 5.41) is 7.06. The Hall–Kier alpha value is -2.97. The number of amides is 1. The van der Waals surface area contributed by atoms with E-state index in [0.29, 0.717) is 22.8 Å². The number of benzene rings is 1. The summed E-state index contributed by atoms with van der Waals surface area (Å²) in [6.07, 6.45) is 1.35. The molecule has 120 valence electrons. The summed E-state index contributed by atoms with van der Waals surface area (Å²) in [4.78, 5) is 15.9. The van der Waals surface area contributed by atoms with Crippen LogP contribution in [-0.2, 0) is 4.79 Å². The molecule has 1 aromatic carbocycles. The molecule has 3 rings (SSSR count). The van der Waals surface area contributed by atoms with E-state index >= 15 is 0 Å². The van der Waals surface area contributed by atoms with Gasteiger partial charge in [-0.05, 0) is 24.6 Å². The third kappa shape index (κ3) is 2.72. The van der Waals surface area contributed by atoms with Crippen LogP contribution in [0.4, 0.5) is 14.7 Å². The molecule has 0 saturated carbocycles.